The first-order valence-corrected chi connectivity index (χ1v) is 6.57. The molecular formula is C13H7BrCl2N2. The fraction of sp³-hybridized carbons (Fsp3) is 0. The Kier molecular flexibility index (Phi) is 4.13. The SMILES string of the molecule is N#Cc1cc(Cl)ccc1Nc1ccc(Cl)c(Br)c1. The summed E-state index contributed by atoms with van der Waals surface area (Å²) >= 11 is 15.1. The van der Waals surface area contributed by atoms with Gasteiger partial charge in [0.25, 0.3) is 0 Å². The van der Waals surface area contributed by atoms with E-state index >= 15 is 0 Å². The molecule has 0 bridgehead atoms. The Labute approximate surface area is 123 Å². The van der Waals surface area contributed by atoms with Crippen molar-refractivity contribution in [2.75, 3.05) is 5.32 Å². The Bertz CT molecular complexity index is 635. The third kappa shape index (κ3) is 2.97. The number of hydrogen-bond acceptors (Lipinski definition) is 2. The number of nitrogens with one attached hydrogen (secondary N) is 1. The Morgan fingerprint density at radius 1 is 1.11 bits per heavy atom. The van der Waals surface area contributed by atoms with E-state index in [4.69, 9.17) is 28.5 Å². The molecule has 0 spiro atoms. The van der Waals surface area contributed by atoms with Crippen LogP contribution < -0.4 is 5.32 Å². The zero-order valence-corrected chi connectivity index (χ0v) is 12.1. The van der Waals surface area contributed by atoms with Gasteiger partial charge in [0, 0.05) is 15.2 Å². The lowest BCUT2D eigenvalue weighted by molar-refractivity contribution is 1.46. The van der Waals surface area contributed by atoms with Crippen LogP contribution in [0.25, 0.3) is 0 Å². The van der Waals surface area contributed by atoms with Crippen molar-refractivity contribution in [3.05, 3.63) is 56.5 Å². The first kappa shape index (κ1) is 13.2. The van der Waals surface area contributed by atoms with Crippen LogP contribution in [0.5, 0.6) is 0 Å². The molecule has 5 heteroatoms. The van der Waals surface area contributed by atoms with Crippen molar-refractivity contribution in [1.82, 2.24) is 0 Å². The second-order valence-electron chi connectivity index (χ2n) is 3.56. The van der Waals surface area contributed by atoms with Gasteiger partial charge in [-0.1, -0.05) is 23.2 Å². The minimum Gasteiger partial charge on any atom is -0.354 e. The van der Waals surface area contributed by atoms with Crippen LogP contribution in [0.1, 0.15) is 5.56 Å². The van der Waals surface area contributed by atoms with E-state index in [1.807, 2.05) is 12.1 Å². The van der Waals surface area contributed by atoms with Gasteiger partial charge in [-0.2, -0.15) is 5.26 Å². The van der Waals surface area contributed by atoms with Gasteiger partial charge in [-0.25, -0.2) is 0 Å². The first-order chi connectivity index (χ1) is 8.60. The van der Waals surface area contributed by atoms with E-state index in [2.05, 4.69) is 27.3 Å². The molecule has 2 aromatic rings. The molecule has 90 valence electrons. The zero-order valence-electron chi connectivity index (χ0n) is 9.05. The van der Waals surface area contributed by atoms with Gasteiger partial charge in [-0.05, 0) is 52.3 Å². The molecule has 0 atom stereocenters. The summed E-state index contributed by atoms with van der Waals surface area (Å²) in [6, 6.07) is 12.7. The molecular weight excluding hydrogens is 335 g/mol. The van der Waals surface area contributed by atoms with E-state index in [9.17, 15) is 0 Å². The molecule has 2 rings (SSSR count). The minimum atomic E-state index is 0.494. The van der Waals surface area contributed by atoms with Crippen LogP contribution in [0.3, 0.4) is 0 Å². The predicted molar refractivity (Wildman–Crippen MR) is 78.6 cm³/mol. The van der Waals surface area contributed by atoms with Crippen molar-refractivity contribution in [3.8, 4) is 6.07 Å². The molecule has 0 saturated carbocycles. The van der Waals surface area contributed by atoms with Gasteiger partial charge in [-0.3, -0.25) is 0 Å². The minimum absolute atomic E-state index is 0.494. The van der Waals surface area contributed by atoms with E-state index < -0.39 is 0 Å². The van der Waals surface area contributed by atoms with Crippen molar-refractivity contribution in [2.45, 2.75) is 0 Å². The Balaban J connectivity index is 2.34. The number of rotatable bonds is 2. The molecule has 0 aliphatic heterocycles. The van der Waals surface area contributed by atoms with E-state index in [1.165, 1.54) is 0 Å². The van der Waals surface area contributed by atoms with Gasteiger partial charge < -0.3 is 5.32 Å². The maximum Gasteiger partial charge on any atom is 0.101 e. The Morgan fingerprint density at radius 2 is 1.89 bits per heavy atom. The molecule has 2 nitrogen and oxygen atoms in total. The van der Waals surface area contributed by atoms with Gasteiger partial charge in [0.05, 0.1) is 16.3 Å². The summed E-state index contributed by atoms with van der Waals surface area (Å²) in [6.07, 6.45) is 0. The third-order valence-electron chi connectivity index (χ3n) is 2.30. The fourth-order valence-electron chi connectivity index (χ4n) is 1.45. The van der Waals surface area contributed by atoms with Gasteiger partial charge >= 0.3 is 0 Å². The average molecular weight is 342 g/mol. The number of halogens is 3. The van der Waals surface area contributed by atoms with Crippen LogP contribution in [-0.4, -0.2) is 0 Å². The van der Waals surface area contributed by atoms with Crippen LogP contribution in [0.4, 0.5) is 11.4 Å². The molecule has 0 aliphatic carbocycles. The number of benzene rings is 2. The molecule has 0 heterocycles. The Morgan fingerprint density at radius 3 is 2.56 bits per heavy atom. The lowest BCUT2D eigenvalue weighted by atomic mass is 10.2. The second-order valence-corrected chi connectivity index (χ2v) is 5.25. The second kappa shape index (κ2) is 5.62. The largest absolute Gasteiger partial charge is 0.354 e. The van der Waals surface area contributed by atoms with E-state index in [0.29, 0.717) is 21.3 Å². The van der Waals surface area contributed by atoms with Crippen LogP contribution in [-0.2, 0) is 0 Å². The smallest absolute Gasteiger partial charge is 0.101 e. The number of hydrogen-bond donors (Lipinski definition) is 1. The maximum atomic E-state index is 9.04. The predicted octanol–water partition coefficient (Wildman–Crippen LogP) is 5.37. The van der Waals surface area contributed by atoms with Crippen LogP contribution in [0, 0.1) is 11.3 Å². The summed E-state index contributed by atoms with van der Waals surface area (Å²) in [5.74, 6) is 0. The van der Waals surface area contributed by atoms with Crippen molar-refractivity contribution in [3.63, 3.8) is 0 Å². The fourth-order valence-corrected chi connectivity index (χ4v) is 2.12. The molecule has 0 amide bonds. The van der Waals surface area contributed by atoms with Crippen LogP contribution in [0.2, 0.25) is 10.0 Å². The third-order valence-corrected chi connectivity index (χ3v) is 3.75. The highest BCUT2D eigenvalue weighted by Crippen LogP contribution is 2.29. The van der Waals surface area contributed by atoms with E-state index in [1.54, 1.807) is 24.3 Å². The Hall–Kier alpha value is -1.21. The highest BCUT2D eigenvalue weighted by molar-refractivity contribution is 9.10. The molecule has 18 heavy (non-hydrogen) atoms. The highest BCUT2D eigenvalue weighted by atomic mass is 79.9. The van der Waals surface area contributed by atoms with Gasteiger partial charge in [-0.15, -0.1) is 0 Å². The summed E-state index contributed by atoms with van der Waals surface area (Å²) in [5.41, 5.74) is 2.04. The number of nitrogens with zero attached hydrogens (tertiary/aromatic N) is 1. The molecule has 0 aromatic heterocycles. The standard InChI is InChI=1S/C13H7BrCl2N2/c14-11-6-10(2-3-12(11)16)18-13-4-1-9(15)5-8(13)7-17/h1-6,18H. The van der Waals surface area contributed by atoms with Gasteiger partial charge in [0.1, 0.15) is 6.07 Å². The van der Waals surface area contributed by atoms with E-state index in [-0.39, 0.29) is 0 Å². The van der Waals surface area contributed by atoms with E-state index in [0.717, 1.165) is 10.2 Å². The van der Waals surface area contributed by atoms with Crippen LogP contribution >= 0.6 is 39.1 Å². The maximum absolute atomic E-state index is 9.04. The molecule has 0 fully saturated rings. The quantitative estimate of drug-likeness (QED) is 0.796. The molecule has 0 saturated heterocycles. The highest BCUT2D eigenvalue weighted by Gasteiger charge is 2.04. The molecule has 2 aromatic carbocycles. The summed E-state index contributed by atoms with van der Waals surface area (Å²) < 4.78 is 0.793. The van der Waals surface area contributed by atoms with Gasteiger partial charge in [0.15, 0.2) is 0 Å². The zero-order chi connectivity index (χ0) is 13.1. The molecule has 0 radical (unpaired) electrons. The lowest BCUT2D eigenvalue weighted by Gasteiger charge is -2.09. The van der Waals surface area contributed by atoms with Crippen molar-refractivity contribution >= 4 is 50.5 Å². The summed E-state index contributed by atoms with van der Waals surface area (Å²) in [5, 5.41) is 13.4. The van der Waals surface area contributed by atoms with Gasteiger partial charge in [0.2, 0.25) is 0 Å². The topological polar surface area (TPSA) is 35.8 Å². The summed E-state index contributed by atoms with van der Waals surface area (Å²) in [7, 11) is 0. The summed E-state index contributed by atoms with van der Waals surface area (Å²) in [4.78, 5) is 0. The van der Waals surface area contributed by atoms with Crippen LogP contribution in [0.15, 0.2) is 40.9 Å². The monoisotopic (exact) mass is 340 g/mol. The normalized spacial score (nSPS) is 9.89. The number of anilines is 2. The number of nitriles is 1. The summed E-state index contributed by atoms with van der Waals surface area (Å²) in [6.45, 7) is 0. The van der Waals surface area contributed by atoms with Crippen molar-refractivity contribution in [1.29, 1.82) is 5.26 Å². The average Bonchev–Trinajstić information content (AvgIpc) is 2.36. The van der Waals surface area contributed by atoms with Crippen molar-refractivity contribution in [2.24, 2.45) is 0 Å². The van der Waals surface area contributed by atoms with Crippen molar-refractivity contribution < 1.29 is 0 Å². The molecule has 1 N–H and O–H groups in total. The molecule has 0 unspecified atom stereocenters. The first-order valence-electron chi connectivity index (χ1n) is 5.02. The molecule has 0 aliphatic rings. The lowest BCUT2D eigenvalue weighted by Crippen LogP contribution is -1.93.